The van der Waals surface area contributed by atoms with Crippen LogP contribution >= 0.6 is 0 Å². The van der Waals surface area contributed by atoms with Gasteiger partial charge in [-0.3, -0.25) is 0 Å². The first-order valence-corrected chi connectivity index (χ1v) is 4.98. The highest BCUT2D eigenvalue weighted by Crippen LogP contribution is 2.15. The minimum atomic E-state index is -0.533. The molecule has 0 fully saturated rings. The summed E-state index contributed by atoms with van der Waals surface area (Å²) in [6.07, 6.45) is 5.84. The minimum Gasteiger partial charge on any atom is -0.383 e. The number of rotatable bonds is 4. The maximum absolute atomic E-state index is 9.85. The number of imidazole rings is 1. The summed E-state index contributed by atoms with van der Waals surface area (Å²) < 4.78 is 1.99. The second kappa shape index (κ2) is 4.96. The molecule has 0 saturated carbocycles. The van der Waals surface area contributed by atoms with E-state index in [1.807, 2.05) is 24.5 Å². The number of aliphatic hydroxyl groups is 1. The van der Waals surface area contributed by atoms with Gasteiger partial charge in [-0.25, -0.2) is 4.98 Å². The first-order valence-electron chi connectivity index (χ1n) is 4.98. The molecule has 0 aromatic carbocycles. The van der Waals surface area contributed by atoms with Crippen LogP contribution in [0.25, 0.3) is 0 Å². The fourth-order valence-electron chi connectivity index (χ4n) is 1.41. The van der Waals surface area contributed by atoms with E-state index in [2.05, 4.69) is 11.9 Å². The van der Waals surface area contributed by atoms with E-state index in [0.717, 1.165) is 24.2 Å². The van der Waals surface area contributed by atoms with Crippen molar-refractivity contribution in [2.45, 2.75) is 39.8 Å². The predicted octanol–water partition coefficient (Wildman–Crippen LogP) is 2.29. The van der Waals surface area contributed by atoms with Crippen molar-refractivity contribution < 1.29 is 5.11 Å². The monoisotopic (exact) mass is 194 g/mol. The van der Waals surface area contributed by atoms with Gasteiger partial charge in [0.2, 0.25) is 0 Å². The van der Waals surface area contributed by atoms with E-state index in [4.69, 9.17) is 0 Å². The first kappa shape index (κ1) is 11.0. The molecule has 0 bridgehead atoms. The molecular weight excluding hydrogens is 176 g/mol. The molecule has 0 aliphatic heterocycles. The summed E-state index contributed by atoms with van der Waals surface area (Å²) >= 11 is 0. The molecule has 0 aliphatic carbocycles. The van der Waals surface area contributed by atoms with Gasteiger partial charge in [0.15, 0.2) is 0 Å². The summed E-state index contributed by atoms with van der Waals surface area (Å²) in [5.74, 6) is 0. The molecular formula is C11H18N2O. The van der Waals surface area contributed by atoms with Gasteiger partial charge in [-0.05, 0) is 20.3 Å². The van der Waals surface area contributed by atoms with Crippen LogP contribution in [0.4, 0.5) is 0 Å². The van der Waals surface area contributed by atoms with Gasteiger partial charge in [-0.1, -0.05) is 18.6 Å². The lowest BCUT2D eigenvalue weighted by Gasteiger charge is -2.10. The number of hydrogen-bond donors (Lipinski definition) is 1. The number of aliphatic hydroxyl groups excluding tert-OH is 1. The summed E-state index contributed by atoms with van der Waals surface area (Å²) in [4.78, 5) is 4.04. The quantitative estimate of drug-likeness (QED) is 0.747. The third kappa shape index (κ3) is 2.70. The zero-order valence-corrected chi connectivity index (χ0v) is 9.07. The lowest BCUT2D eigenvalue weighted by atomic mass is 10.2. The van der Waals surface area contributed by atoms with E-state index < -0.39 is 6.10 Å². The molecule has 1 heterocycles. The molecule has 1 aromatic rings. The van der Waals surface area contributed by atoms with Crippen molar-refractivity contribution in [3.63, 3.8) is 0 Å². The largest absolute Gasteiger partial charge is 0.383 e. The third-order valence-corrected chi connectivity index (χ3v) is 2.00. The standard InChI is InChI=1S/C11H18N2O/c1-4-5-13-8-12-7-10(13)11(14)6-9(2)3/h6-8,11,14H,4-5H2,1-3H3. The average Bonchev–Trinajstić information content (AvgIpc) is 2.51. The molecule has 3 nitrogen and oxygen atoms in total. The van der Waals surface area contributed by atoms with E-state index in [0.29, 0.717) is 0 Å². The molecule has 0 spiro atoms. The van der Waals surface area contributed by atoms with Crippen molar-refractivity contribution in [1.29, 1.82) is 0 Å². The number of hydrogen-bond acceptors (Lipinski definition) is 2. The lowest BCUT2D eigenvalue weighted by Crippen LogP contribution is -2.05. The van der Waals surface area contributed by atoms with E-state index in [-0.39, 0.29) is 0 Å². The summed E-state index contributed by atoms with van der Waals surface area (Å²) in [7, 11) is 0. The fraction of sp³-hybridized carbons (Fsp3) is 0.545. The maximum Gasteiger partial charge on any atom is 0.114 e. The predicted molar refractivity (Wildman–Crippen MR) is 56.9 cm³/mol. The highest BCUT2D eigenvalue weighted by Gasteiger charge is 2.09. The van der Waals surface area contributed by atoms with Crippen molar-refractivity contribution in [1.82, 2.24) is 9.55 Å². The summed E-state index contributed by atoms with van der Waals surface area (Å²) in [5, 5.41) is 9.85. The number of aryl methyl sites for hydroxylation is 1. The first-order chi connectivity index (χ1) is 6.65. The average molecular weight is 194 g/mol. The van der Waals surface area contributed by atoms with E-state index in [1.54, 1.807) is 12.5 Å². The van der Waals surface area contributed by atoms with Gasteiger partial charge in [-0.2, -0.15) is 0 Å². The van der Waals surface area contributed by atoms with Crippen molar-refractivity contribution in [2.75, 3.05) is 0 Å². The smallest absolute Gasteiger partial charge is 0.114 e. The molecule has 1 rings (SSSR count). The van der Waals surface area contributed by atoms with Gasteiger partial charge in [0, 0.05) is 6.54 Å². The normalized spacial score (nSPS) is 12.6. The Hall–Kier alpha value is -1.09. The Morgan fingerprint density at radius 2 is 2.36 bits per heavy atom. The molecule has 0 saturated heterocycles. The Labute approximate surface area is 85.1 Å². The van der Waals surface area contributed by atoms with Gasteiger partial charge >= 0.3 is 0 Å². The minimum absolute atomic E-state index is 0.533. The Morgan fingerprint density at radius 1 is 1.64 bits per heavy atom. The molecule has 0 radical (unpaired) electrons. The zero-order chi connectivity index (χ0) is 10.6. The van der Waals surface area contributed by atoms with Crippen LogP contribution in [0.15, 0.2) is 24.2 Å². The highest BCUT2D eigenvalue weighted by molar-refractivity contribution is 5.12. The Balaban J connectivity index is 2.83. The summed E-state index contributed by atoms with van der Waals surface area (Å²) in [5.41, 5.74) is 1.98. The van der Waals surface area contributed by atoms with Gasteiger partial charge < -0.3 is 9.67 Å². The third-order valence-electron chi connectivity index (χ3n) is 2.00. The van der Waals surface area contributed by atoms with Gasteiger partial charge in [0.1, 0.15) is 6.10 Å². The van der Waals surface area contributed by atoms with Crippen LogP contribution in [-0.4, -0.2) is 14.7 Å². The highest BCUT2D eigenvalue weighted by atomic mass is 16.3. The van der Waals surface area contributed by atoms with Crippen LogP contribution in [-0.2, 0) is 6.54 Å². The van der Waals surface area contributed by atoms with Crippen molar-refractivity contribution in [3.8, 4) is 0 Å². The molecule has 1 unspecified atom stereocenters. The fourth-order valence-corrected chi connectivity index (χ4v) is 1.41. The number of aromatic nitrogens is 2. The van der Waals surface area contributed by atoms with E-state index in [1.165, 1.54) is 0 Å². The number of allylic oxidation sites excluding steroid dienone is 1. The molecule has 1 atom stereocenters. The molecule has 14 heavy (non-hydrogen) atoms. The Bertz CT molecular complexity index is 311. The summed E-state index contributed by atoms with van der Waals surface area (Å²) in [6.45, 7) is 6.97. The maximum atomic E-state index is 9.85. The van der Waals surface area contributed by atoms with Gasteiger partial charge in [0.25, 0.3) is 0 Å². The zero-order valence-electron chi connectivity index (χ0n) is 9.07. The van der Waals surface area contributed by atoms with Crippen LogP contribution in [0, 0.1) is 0 Å². The van der Waals surface area contributed by atoms with Gasteiger partial charge in [0.05, 0.1) is 18.2 Å². The van der Waals surface area contributed by atoms with Crippen LogP contribution in [0.1, 0.15) is 39.0 Å². The Morgan fingerprint density at radius 3 is 2.93 bits per heavy atom. The van der Waals surface area contributed by atoms with E-state index >= 15 is 0 Å². The molecule has 0 aliphatic rings. The van der Waals surface area contributed by atoms with Crippen LogP contribution in [0.3, 0.4) is 0 Å². The molecule has 78 valence electrons. The molecule has 1 aromatic heterocycles. The molecule has 1 N–H and O–H groups in total. The topological polar surface area (TPSA) is 38.0 Å². The van der Waals surface area contributed by atoms with Crippen LogP contribution < -0.4 is 0 Å². The molecule has 3 heteroatoms. The lowest BCUT2D eigenvalue weighted by molar-refractivity contribution is 0.217. The second-order valence-electron chi connectivity index (χ2n) is 3.70. The van der Waals surface area contributed by atoms with Crippen molar-refractivity contribution >= 4 is 0 Å². The van der Waals surface area contributed by atoms with Crippen molar-refractivity contribution in [3.05, 3.63) is 29.9 Å². The second-order valence-corrected chi connectivity index (χ2v) is 3.70. The van der Waals surface area contributed by atoms with Crippen LogP contribution in [0.2, 0.25) is 0 Å². The van der Waals surface area contributed by atoms with Gasteiger partial charge in [-0.15, -0.1) is 0 Å². The SMILES string of the molecule is CCCn1cncc1C(O)C=C(C)C. The molecule has 0 amide bonds. The number of nitrogens with zero attached hydrogens (tertiary/aromatic N) is 2. The van der Waals surface area contributed by atoms with Crippen LogP contribution in [0.5, 0.6) is 0 Å². The summed E-state index contributed by atoms with van der Waals surface area (Å²) in [6, 6.07) is 0. The Kier molecular flexibility index (Phi) is 3.89. The van der Waals surface area contributed by atoms with Crippen molar-refractivity contribution in [2.24, 2.45) is 0 Å². The van der Waals surface area contributed by atoms with E-state index in [9.17, 15) is 5.11 Å².